The average Bonchev–Trinajstić information content (AvgIpc) is 2.73. The van der Waals surface area contributed by atoms with Gasteiger partial charge in [-0.2, -0.15) is 5.26 Å². The van der Waals surface area contributed by atoms with Crippen LogP contribution in [0.3, 0.4) is 0 Å². The van der Waals surface area contributed by atoms with Crippen LogP contribution in [0, 0.1) is 11.3 Å². The van der Waals surface area contributed by atoms with E-state index in [2.05, 4.69) is 22.0 Å². The van der Waals surface area contributed by atoms with Crippen LogP contribution in [0.25, 0.3) is 11.6 Å². The SMILES string of the molecule is COc1cc(C=C(C#N)c2ccc(Cl)cc2)ccc1OC(=O)c1ccccc1Br. The van der Waals surface area contributed by atoms with Crippen LogP contribution in [-0.2, 0) is 0 Å². The molecule has 3 aromatic rings. The number of nitriles is 1. The van der Waals surface area contributed by atoms with Gasteiger partial charge in [0.1, 0.15) is 0 Å². The Balaban J connectivity index is 1.88. The van der Waals surface area contributed by atoms with Gasteiger partial charge in [0.2, 0.25) is 0 Å². The number of hydrogen-bond acceptors (Lipinski definition) is 4. The van der Waals surface area contributed by atoms with E-state index >= 15 is 0 Å². The van der Waals surface area contributed by atoms with Gasteiger partial charge in [0.15, 0.2) is 11.5 Å². The first-order valence-corrected chi connectivity index (χ1v) is 9.71. The van der Waals surface area contributed by atoms with E-state index in [1.54, 1.807) is 66.7 Å². The molecule has 0 spiro atoms. The predicted molar refractivity (Wildman–Crippen MR) is 117 cm³/mol. The van der Waals surface area contributed by atoms with Crippen LogP contribution < -0.4 is 9.47 Å². The number of rotatable bonds is 5. The third-order valence-electron chi connectivity index (χ3n) is 4.07. The van der Waals surface area contributed by atoms with Crippen LogP contribution >= 0.6 is 27.5 Å². The van der Waals surface area contributed by atoms with Gasteiger partial charge in [0, 0.05) is 9.50 Å². The molecule has 0 N–H and O–H groups in total. The fourth-order valence-corrected chi connectivity index (χ4v) is 3.19. The second-order valence-electron chi connectivity index (χ2n) is 5.96. The number of nitrogens with zero attached hydrogens (tertiary/aromatic N) is 1. The Morgan fingerprint density at radius 3 is 2.45 bits per heavy atom. The molecule has 29 heavy (non-hydrogen) atoms. The molecule has 0 unspecified atom stereocenters. The van der Waals surface area contributed by atoms with Gasteiger partial charge in [0.05, 0.1) is 24.3 Å². The van der Waals surface area contributed by atoms with E-state index in [4.69, 9.17) is 21.1 Å². The van der Waals surface area contributed by atoms with Crippen molar-refractivity contribution in [1.82, 2.24) is 0 Å². The maximum atomic E-state index is 12.5. The molecule has 3 rings (SSSR count). The summed E-state index contributed by atoms with van der Waals surface area (Å²) in [6.45, 7) is 0. The Kier molecular flexibility index (Phi) is 6.71. The zero-order chi connectivity index (χ0) is 20.8. The van der Waals surface area contributed by atoms with E-state index in [0.29, 0.717) is 26.4 Å². The minimum absolute atomic E-state index is 0.287. The quantitative estimate of drug-likeness (QED) is 0.188. The molecule has 0 saturated carbocycles. The summed E-state index contributed by atoms with van der Waals surface area (Å²) >= 11 is 9.25. The Labute approximate surface area is 182 Å². The first kappa shape index (κ1) is 20.7. The van der Waals surface area contributed by atoms with Gasteiger partial charge in [-0.25, -0.2) is 4.79 Å². The van der Waals surface area contributed by atoms with Crippen LogP contribution in [0.4, 0.5) is 0 Å². The summed E-state index contributed by atoms with van der Waals surface area (Å²) in [6, 6.07) is 21.3. The average molecular weight is 469 g/mol. The molecular formula is C23H15BrClNO3. The molecule has 0 heterocycles. The third-order valence-corrected chi connectivity index (χ3v) is 5.01. The van der Waals surface area contributed by atoms with Gasteiger partial charge in [-0.15, -0.1) is 0 Å². The molecule has 0 radical (unpaired) electrons. The lowest BCUT2D eigenvalue weighted by Crippen LogP contribution is -2.10. The normalized spacial score (nSPS) is 10.9. The molecule has 0 aliphatic heterocycles. The lowest BCUT2D eigenvalue weighted by Gasteiger charge is -2.11. The third kappa shape index (κ3) is 5.05. The molecular weight excluding hydrogens is 454 g/mol. The van der Waals surface area contributed by atoms with Crippen molar-refractivity contribution in [2.45, 2.75) is 0 Å². The minimum Gasteiger partial charge on any atom is -0.493 e. The highest BCUT2D eigenvalue weighted by Gasteiger charge is 2.15. The van der Waals surface area contributed by atoms with Crippen LogP contribution in [0.1, 0.15) is 21.5 Å². The molecule has 0 aromatic heterocycles. The van der Waals surface area contributed by atoms with Gasteiger partial charge in [-0.3, -0.25) is 0 Å². The minimum atomic E-state index is -0.502. The van der Waals surface area contributed by atoms with E-state index in [1.807, 2.05) is 6.07 Å². The number of carbonyl (C=O) groups is 1. The molecule has 0 atom stereocenters. The zero-order valence-electron chi connectivity index (χ0n) is 15.4. The van der Waals surface area contributed by atoms with Crippen molar-refractivity contribution in [3.05, 3.63) is 92.9 Å². The maximum Gasteiger partial charge on any atom is 0.344 e. The number of benzene rings is 3. The van der Waals surface area contributed by atoms with Crippen molar-refractivity contribution in [1.29, 1.82) is 5.26 Å². The summed E-state index contributed by atoms with van der Waals surface area (Å²) in [7, 11) is 1.49. The zero-order valence-corrected chi connectivity index (χ0v) is 17.7. The Morgan fingerprint density at radius 2 is 1.79 bits per heavy atom. The van der Waals surface area contributed by atoms with Crippen molar-refractivity contribution in [3.63, 3.8) is 0 Å². The number of halogens is 2. The van der Waals surface area contributed by atoms with Crippen LogP contribution in [0.5, 0.6) is 11.5 Å². The summed E-state index contributed by atoms with van der Waals surface area (Å²) in [5.74, 6) is 0.167. The number of methoxy groups -OCH3 is 1. The molecule has 0 saturated heterocycles. The summed E-state index contributed by atoms with van der Waals surface area (Å²) in [4.78, 5) is 12.5. The van der Waals surface area contributed by atoms with Gasteiger partial charge < -0.3 is 9.47 Å². The smallest absolute Gasteiger partial charge is 0.344 e. The second kappa shape index (κ2) is 9.42. The highest BCUT2D eigenvalue weighted by Crippen LogP contribution is 2.31. The molecule has 0 fully saturated rings. The van der Waals surface area contributed by atoms with Crippen molar-refractivity contribution in [2.75, 3.05) is 7.11 Å². The van der Waals surface area contributed by atoms with Gasteiger partial charge in [0.25, 0.3) is 0 Å². The first-order chi connectivity index (χ1) is 14.0. The van der Waals surface area contributed by atoms with Gasteiger partial charge >= 0.3 is 5.97 Å². The van der Waals surface area contributed by atoms with Crippen molar-refractivity contribution < 1.29 is 14.3 Å². The fraction of sp³-hybridized carbons (Fsp3) is 0.0435. The number of hydrogen-bond donors (Lipinski definition) is 0. The number of allylic oxidation sites excluding steroid dienone is 1. The molecule has 3 aromatic carbocycles. The van der Waals surface area contributed by atoms with E-state index in [9.17, 15) is 10.1 Å². The molecule has 0 amide bonds. The molecule has 0 aliphatic carbocycles. The molecule has 4 nitrogen and oxygen atoms in total. The van der Waals surface area contributed by atoms with E-state index in [1.165, 1.54) is 7.11 Å². The molecule has 0 bridgehead atoms. The Morgan fingerprint density at radius 1 is 1.07 bits per heavy atom. The molecule has 144 valence electrons. The van der Waals surface area contributed by atoms with Crippen LogP contribution in [-0.4, -0.2) is 13.1 Å². The van der Waals surface area contributed by atoms with E-state index in [0.717, 1.165) is 11.1 Å². The monoisotopic (exact) mass is 467 g/mol. The summed E-state index contributed by atoms with van der Waals surface area (Å²) in [5, 5.41) is 10.1. The molecule has 0 aliphatic rings. The Hall–Kier alpha value is -3.07. The highest BCUT2D eigenvalue weighted by molar-refractivity contribution is 9.10. The summed E-state index contributed by atoms with van der Waals surface area (Å²) in [6.07, 6.45) is 1.73. The van der Waals surface area contributed by atoms with Crippen LogP contribution in [0.15, 0.2) is 71.2 Å². The lowest BCUT2D eigenvalue weighted by atomic mass is 10.0. The van der Waals surface area contributed by atoms with Crippen molar-refractivity contribution in [3.8, 4) is 17.6 Å². The van der Waals surface area contributed by atoms with Gasteiger partial charge in [-0.1, -0.05) is 41.9 Å². The largest absolute Gasteiger partial charge is 0.493 e. The molecule has 6 heteroatoms. The maximum absolute atomic E-state index is 12.5. The summed E-state index contributed by atoms with van der Waals surface area (Å²) in [5.41, 5.74) is 2.36. The fourth-order valence-electron chi connectivity index (χ4n) is 2.62. The highest BCUT2D eigenvalue weighted by atomic mass is 79.9. The van der Waals surface area contributed by atoms with Crippen molar-refractivity contribution in [2.24, 2.45) is 0 Å². The standard InChI is InChI=1S/C23H15BrClNO3/c1-28-22-13-15(12-17(14-26)16-7-9-18(25)10-8-16)6-11-21(22)29-23(27)19-4-2-3-5-20(19)24/h2-13H,1H3. The summed E-state index contributed by atoms with van der Waals surface area (Å²) < 4.78 is 11.5. The predicted octanol–water partition coefficient (Wildman–Crippen LogP) is 6.39. The number of carbonyl (C=O) groups excluding carboxylic acids is 1. The van der Waals surface area contributed by atoms with Crippen molar-refractivity contribution >= 4 is 45.1 Å². The van der Waals surface area contributed by atoms with Crippen LogP contribution in [0.2, 0.25) is 5.02 Å². The second-order valence-corrected chi connectivity index (χ2v) is 7.25. The first-order valence-electron chi connectivity index (χ1n) is 8.54. The number of ether oxygens (including phenoxy) is 2. The topological polar surface area (TPSA) is 59.3 Å². The van der Waals surface area contributed by atoms with Gasteiger partial charge in [-0.05, 0) is 69.5 Å². The van der Waals surface area contributed by atoms with E-state index in [-0.39, 0.29) is 5.75 Å². The number of esters is 1. The van der Waals surface area contributed by atoms with E-state index < -0.39 is 5.97 Å². The Bertz CT molecular complexity index is 1120. The lowest BCUT2D eigenvalue weighted by molar-refractivity contribution is 0.0729.